The van der Waals surface area contributed by atoms with Crippen LogP contribution in [0.25, 0.3) is 0 Å². The van der Waals surface area contributed by atoms with Crippen LogP contribution >= 0.6 is 0 Å². The van der Waals surface area contributed by atoms with Gasteiger partial charge in [0.2, 0.25) is 5.91 Å². The number of carbonyl (C=O) groups excluding carboxylic acids is 3. The highest BCUT2D eigenvalue weighted by atomic mass is 16.6. The summed E-state index contributed by atoms with van der Waals surface area (Å²) in [7, 11) is 0. The van der Waals surface area contributed by atoms with Crippen LogP contribution in [-0.2, 0) is 14.3 Å². The summed E-state index contributed by atoms with van der Waals surface area (Å²) in [5, 5.41) is 5.87. The van der Waals surface area contributed by atoms with E-state index in [4.69, 9.17) is 4.74 Å². The van der Waals surface area contributed by atoms with Gasteiger partial charge in [0, 0.05) is 26.1 Å². The Kier molecular flexibility index (Phi) is 5.05. The molecule has 2 rings (SSSR count). The standard InChI is InChI=1S/C15H25N3O4/c1-15(2,3)22-14(21)18-8-7-16-9-11(18)13(20)17-10-5-4-6-12(10)19/h10-11,16H,4-9H2,1-3H3,(H,17,20)/t10-,11?/m0/s1. The zero-order chi connectivity index (χ0) is 16.3. The largest absolute Gasteiger partial charge is 0.444 e. The molecule has 0 aromatic heterocycles. The van der Waals surface area contributed by atoms with Crippen LogP contribution in [0.3, 0.4) is 0 Å². The molecule has 7 heteroatoms. The third-order valence-electron chi connectivity index (χ3n) is 3.80. The van der Waals surface area contributed by atoms with Crippen LogP contribution < -0.4 is 10.6 Å². The lowest BCUT2D eigenvalue weighted by molar-refractivity contribution is -0.130. The van der Waals surface area contributed by atoms with Gasteiger partial charge >= 0.3 is 6.09 Å². The SMILES string of the molecule is CC(C)(C)OC(=O)N1CCNCC1C(=O)N[C@H]1CCCC1=O. The van der Waals surface area contributed by atoms with E-state index in [1.54, 1.807) is 20.8 Å². The minimum Gasteiger partial charge on any atom is -0.444 e. The summed E-state index contributed by atoms with van der Waals surface area (Å²) in [4.78, 5) is 37.8. The molecule has 22 heavy (non-hydrogen) atoms. The fourth-order valence-electron chi connectivity index (χ4n) is 2.71. The number of hydrogen-bond donors (Lipinski definition) is 2. The van der Waals surface area contributed by atoms with Gasteiger partial charge in [-0.25, -0.2) is 4.79 Å². The summed E-state index contributed by atoms with van der Waals surface area (Å²) in [6.07, 6.45) is 1.51. The Balaban J connectivity index is 2.00. The van der Waals surface area contributed by atoms with Crippen LogP contribution in [-0.4, -0.2) is 60.0 Å². The summed E-state index contributed by atoms with van der Waals surface area (Å²) in [6.45, 7) is 6.76. The molecule has 0 spiro atoms. The van der Waals surface area contributed by atoms with E-state index in [1.165, 1.54) is 4.90 Å². The molecule has 2 amide bonds. The Hall–Kier alpha value is -1.63. The molecule has 7 nitrogen and oxygen atoms in total. The first kappa shape index (κ1) is 16.7. The number of carbonyl (C=O) groups is 3. The maximum absolute atomic E-state index is 12.4. The predicted molar refractivity (Wildman–Crippen MR) is 80.4 cm³/mol. The third kappa shape index (κ3) is 4.19. The summed E-state index contributed by atoms with van der Waals surface area (Å²) in [6, 6.07) is -1.05. The maximum Gasteiger partial charge on any atom is 0.411 e. The van der Waals surface area contributed by atoms with E-state index < -0.39 is 23.8 Å². The van der Waals surface area contributed by atoms with Gasteiger partial charge < -0.3 is 15.4 Å². The predicted octanol–water partition coefficient (Wildman–Crippen LogP) is 0.433. The minimum absolute atomic E-state index is 0.0703. The number of nitrogens with one attached hydrogen (secondary N) is 2. The van der Waals surface area contributed by atoms with Crippen LogP contribution in [0.1, 0.15) is 40.0 Å². The van der Waals surface area contributed by atoms with Gasteiger partial charge in [-0.2, -0.15) is 0 Å². The number of Topliss-reactive ketones (excluding diaryl/α,β-unsaturated/α-hetero) is 1. The highest BCUT2D eigenvalue weighted by Crippen LogP contribution is 2.16. The van der Waals surface area contributed by atoms with Crippen molar-refractivity contribution in [3.05, 3.63) is 0 Å². The molecule has 1 aliphatic carbocycles. The van der Waals surface area contributed by atoms with Gasteiger partial charge in [0.1, 0.15) is 11.6 Å². The number of nitrogens with zero attached hydrogens (tertiary/aromatic N) is 1. The second-order valence-corrected chi connectivity index (χ2v) is 6.81. The Bertz CT molecular complexity index is 458. The number of amides is 2. The zero-order valence-corrected chi connectivity index (χ0v) is 13.5. The smallest absolute Gasteiger partial charge is 0.411 e. The molecule has 0 bridgehead atoms. The molecular weight excluding hydrogens is 286 g/mol. The van der Waals surface area contributed by atoms with Crippen molar-refractivity contribution in [2.24, 2.45) is 0 Å². The van der Waals surface area contributed by atoms with Crippen LogP contribution in [0.15, 0.2) is 0 Å². The average Bonchev–Trinajstić information content (AvgIpc) is 2.82. The normalized spacial score (nSPS) is 26.0. The topological polar surface area (TPSA) is 87.7 Å². The first-order valence-electron chi connectivity index (χ1n) is 7.81. The molecule has 0 aromatic carbocycles. The lowest BCUT2D eigenvalue weighted by Gasteiger charge is -2.36. The van der Waals surface area contributed by atoms with Crippen molar-refractivity contribution in [2.75, 3.05) is 19.6 Å². The molecule has 1 aliphatic heterocycles. The molecule has 1 saturated carbocycles. The van der Waals surface area contributed by atoms with Gasteiger partial charge in [-0.3, -0.25) is 14.5 Å². The Labute approximate surface area is 130 Å². The van der Waals surface area contributed by atoms with E-state index in [9.17, 15) is 14.4 Å². The molecule has 2 N–H and O–H groups in total. The van der Waals surface area contributed by atoms with E-state index in [-0.39, 0.29) is 11.7 Å². The zero-order valence-electron chi connectivity index (χ0n) is 13.5. The van der Waals surface area contributed by atoms with Gasteiger partial charge in [-0.1, -0.05) is 0 Å². The molecule has 1 heterocycles. The average molecular weight is 311 g/mol. The maximum atomic E-state index is 12.4. The first-order chi connectivity index (χ1) is 10.3. The lowest BCUT2D eigenvalue weighted by Crippen LogP contribution is -2.61. The van der Waals surface area contributed by atoms with Crippen LogP contribution in [0.4, 0.5) is 4.79 Å². The number of rotatable bonds is 2. The van der Waals surface area contributed by atoms with Crippen LogP contribution in [0.2, 0.25) is 0 Å². The molecule has 2 fully saturated rings. The fourth-order valence-corrected chi connectivity index (χ4v) is 2.71. The number of ether oxygens (including phenoxy) is 1. The molecular formula is C15H25N3O4. The number of ketones is 1. The second-order valence-electron chi connectivity index (χ2n) is 6.81. The van der Waals surface area contributed by atoms with E-state index in [2.05, 4.69) is 10.6 Å². The quantitative estimate of drug-likeness (QED) is 0.772. The molecule has 124 valence electrons. The number of piperazine rings is 1. The van der Waals surface area contributed by atoms with Crippen molar-refractivity contribution in [2.45, 2.75) is 57.7 Å². The third-order valence-corrected chi connectivity index (χ3v) is 3.80. The molecule has 0 radical (unpaired) electrons. The fraction of sp³-hybridized carbons (Fsp3) is 0.800. The monoisotopic (exact) mass is 311 g/mol. The van der Waals surface area contributed by atoms with Crippen molar-refractivity contribution in [1.82, 2.24) is 15.5 Å². The number of hydrogen-bond acceptors (Lipinski definition) is 5. The van der Waals surface area contributed by atoms with E-state index >= 15 is 0 Å². The van der Waals surface area contributed by atoms with Crippen molar-refractivity contribution < 1.29 is 19.1 Å². The Morgan fingerprint density at radius 1 is 1.36 bits per heavy atom. The molecule has 2 atom stereocenters. The second kappa shape index (κ2) is 6.64. The van der Waals surface area contributed by atoms with E-state index in [1.807, 2.05) is 0 Å². The van der Waals surface area contributed by atoms with Crippen molar-refractivity contribution in [1.29, 1.82) is 0 Å². The molecule has 1 saturated heterocycles. The van der Waals surface area contributed by atoms with E-state index in [0.717, 1.165) is 6.42 Å². The molecule has 2 aliphatic rings. The Morgan fingerprint density at radius 2 is 2.09 bits per heavy atom. The lowest BCUT2D eigenvalue weighted by atomic mass is 10.1. The summed E-state index contributed by atoms with van der Waals surface area (Å²) in [5.74, 6) is -0.223. The van der Waals surface area contributed by atoms with Gasteiger partial charge in [0.15, 0.2) is 5.78 Å². The van der Waals surface area contributed by atoms with E-state index in [0.29, 0.717) is 32.5 Å². The summed E-state index contributed by atoms with van der Waals surface area (Å²) >= 11 is 0. The minimum atomic E-state index is -0.642. The summed E-state index contributed by atoms with van der Waals surface area (Å²) in [5.41, 5.74) is -0.607. The van der Waals surface area contributed by atoms with Gasteiger partial charge in [0.25, 0.3) is 0 Å². The van der Waals surface area contributed by atoms with Gasteiger partial charge in [-0.15, -0.1) is 0 Å². The van der Waals surface area contributed by atoms with Gasteiger partial charge in [0.05, 0.1) is 6.04 Å². The summed E-state index contributed by atoms with van der Waals surface area (Å²) < 4.78 is 5.36. The van der Waals surface area contributed by atoms with Crippen LogP contribution in [0.5, 0.6) is 0 Å². The van der Waals surface area contributed by atoms with Crippen molar-refractivity contribution in [3.63, 3.8) is 0 Å². The Morgan fingerprint density at radius 3 is 2.68 bits per heavy atom. The highest BCUT2D eigenvalue weighted by Gasteiger charge is 2.36. The molecule has 0 aromatic rings. The first-order valence-corrected chi connectivity index (χ1v) is 7.81. The highest BCUT2D eigenvalue weighted by molar-refractivity contribution is 5.93. The van der Waals surface area contributed by atoms with Crippen molar-refractivity contribution >= 4 is 17.8 Å². The molecule has 1 unspecified atom stereocenters. The van der Waals surface area contributed by atoms with Crippen LogP contribution in [0, 0.1) is 0 Å². The van der Waals surface area contributed by atoms with Crippen molar-refractivity contribution in [3.8, 4) is 0 Å². The van der Waals surface area contributed by atoms with Gasteiger partial charge in [-0.05, 0) is 33.6 Å².